The third-order valence-corrected chi connectivity index (χ3v) is 2.52. The number of rotatable bonds is 2. The summed E-state index contributed by atoms with van der Waals surface area (Å²) >= 11 is 0. The smallest absolute Gasteiger partial charge is 0.194 e. The van der Waals surface area contributed by atoms with Crippen LogP contribution in [0.15, 0.2) is 30.3 Å². The van der Waals surface area contributed by atoms with Crippen molar-refractivity contribution in [3.8, 4) is 16.9 Å². The van der Waals surface area contributed by atoms with Gasteiger partial charge in [-0.05, 0) is 29.8 Å². The highest BCUT2D eigenvalue weighted by Gasteiger charge is 2.14. The summed E-state index contributed by atoms with van der Waals surface area (Å²) in [7, 11) is 1.41. The molecule has 0 saturated carbocycles. The Morgan fingerprint density at radius 1 is 1.00 bits per heavy atom. The molecule has 0 radical (unpaired) electrons. The third kappa shape index (κ3) is 2.11. The molecule has 0 aliphatic rings. The molecule has 5 heteroatoms. The summed E-state index contributed by atoms with van der Waals surface area (Å²) < 4.78 is 44.3. The lowest BCUT2D eigenvalue weighted by Crippen LogP contribution is -1.95. The van der Waals surface area contributed by atoms with Crippen LogP contribution in [0, 0.1) is 17.5 Å². The number of ether oxygens (including phenoxy) is 1. The average molecular weight is 253 g/mol. The van der Waals surface area contributed by atoms with E-state index < -0.39 is 17.5 Å². The number of nitrogen functional groups attached to an aromatic ring is 1. The van der Waals surface area contributed by atoms with Crippen LogP contribution < -0.4 is 10.5 Å². The highest BCUT2D eigenvalue weighted by atomic mass is 19.2. The molecule has 0 aliphatic carbocycles. The summed E-state index contributed by atoms with van der Waals surface area (Å²) in [5, 5.41) is 0. The molecule has 0 spiro atoms. The van der Waals surface area contributed by atoms with Gasteiger partial charge in [-0.15, -0.1) is 0 Å². The molecule has 18 heavy (non-hydrogen) atoms. The van der Waals surface area contributed by atoms with Gasteiger partial charge in [0.25, 0.3) is 0 Å². The first-order valence-electron chi connectivity index (χ1n) is 5.11. The van der Waals surface area contributed by atoms with E-state index in [9.17, 15) is 13.2 Å². The first-order valence-corrected chi connectivity index (χ1v) is 5.11. The van der Waals surface area contributed by atoms with Crippen LogP contribution in [0.5, 0.6) is 5.75 Å². The van der Waals surface area contributed by atoms with Crippen molar-refractivity contribution in [2.75, 3.05) is 12.8 Å². The predicted molar refractivity (Wildman–Crippen MR) is 62.7 cm³/mol. The Labute approximate surface area is 102 Å². The molecule has 2 rings (SSSR count). The summed E-state index contributed by atoms with van der Waals surface area (Å²) in [5.41, 5.74) is 6.65. The summed E-state index contributed by atoms with van der Waals surface area (Å²) in [6.07, 6.45) is 0. The second kappa shape index (κ2) is 4.60. The number of benzene rings is 2. The first kappa shape index (κ1) is 12.3. The summed E-state index contributed by atoms with van der Waals surface area (Å²) in [5.74, 6) is -3.62. The van der Waals surface area contributed by atoms with E-state index in [4.69, 9.17) is 10.5 Å². The SMILES string of the molecule is COc1cc(N)ccc1-c1cc(F)c(F)c(F)c1. The largest absolute Gasteiger partial charge is 0.496 e. The van der Waals surface area contributed by atoms with E-state index in [1.807, 2.05) is 0 Å². The lowest BCUT2D eigenvalue weighted by molar-refractivity contribution is 0.416. The van der Waals surface area contributed by atoms with Crippen molar-refractivity contribution in [2.24, 2.45) is 0 Å². The highest BCUT2D eigenvalue weighted by molar-refractivity contribution is 5.73. The van der Waals surface area contributed by atoms with Crippen molar-refractivity contribution in [1.82, 2.24) is 0 Å². The van der Waals surface area contributed by atoms with Crippen LogP contribution in [0.2, 0.25) is 0 Å². The second-order valence-electron chi connectivity index (χ2n) is 3.71. The van der Waals surface area contributed by atoms with E-state index in [1.54, 1.807) is 12.1 Å². The van der Waals surface area contributed by atoms with Crippen molar-refractivity contribution >= 4 is 5.69 Å². The van der Waals surface area contributed by atoms with Crippen LogP contribution in [0.25, 0.3) is 11.1 Å². The van der Waals surface area contributed by atoms with E-state index in [0.717, 1.165) is 12.1 Å². The Kier molecular flexibility index (Phi) is 3.14. The maximum absolute atomic E-state index is 13.2. The molecule has 94 valence electrons. The fraction of sp³-hybridized carbons (Fsp3) is 0.0769. The maximum atomic E-state index is 13.2. The van der Waals surface area contributed by atoms with Gasteiger partial charge in [0, 0.05) is 17.3 Å². The summed E-state index contributed by atoms with van der Waals surface area (Å²) in [6, 6.07) is 6.46. The Morgan fingerprint density at radius 2 is 1.61 bits per heavy atom. The third-order valence-electron chi connectivity index (χ3n) is 2.52. The molecule has 0 fully saturated rings. The zero-order valence-corrected chi connectivity index (χ0v) is 9.51. The Morgan fingerprint density at radius 3 is 2.17 bits per heavy atom. The summed E-state index contributed by atoms with van der Waals surface area (Å²) in [4.78, 5) is 0. The van der Waals surface area contributed by atoms with Crippen LogP contribution in [0.3, 0.4) is 0 Å². The molecule has 0 amide bonds. The highest BCUT2D eigenvalue weighted by Crippen LogP contribution is 2.33. The van der Waals surface area contributed by atoms with Crippen LogP contribution in [-0.4, -0.2) is 7.11 Å². The van der Waals surface area contributed by atoms with Crippen molar-refractivity contribution in [3.05, 3.63) is 47.8 Å². The van der Waals surface area contributed by atoms with Crippen molar-refractivity contribution in [2.45, 2.75) is 0 Å². The molecular formula is C13H10F3NO. The zero-order valence-electron chi connectivity index (χ0n) is 9.51. The topological polar surface area (TPSA) is 35.2 Å². The quantitative estimate of drug-likeness (QED) is 0.658. The normalized spacial score (nSPS) is 10.4. The van der Waals surface area contributed by atoms with Crippen molar-refractivity contribution in [3.63, 3.8) is 0 Å². The molecule has 0 bridgehead atoms. The molecule has 0 aromatic heterocycles. The van der Waals surface area contributed by atoms with E-state index in [1.165, 1.54) is 13.2 Å². The monoisotopic (exact) mass is 253 g/mol. The van der Waals surface area contributed by atoms with Gasteiger partial charge >= 0.3 is 0 Å². The molecule has 0 heterocycles. The number of anilines is 1. The molecular weight excluding hydrogens is 243 g/mol. The minimum absolute atomic E-state index is 0.184. The van der Waals surface area contributed by atoms with Gasteiger partial charge < -0.3 is 10.5 Å². The van der Waals surface area contributed by atoms with Crippen LogP contribution in [-0.2, 0) is 0 Å². The lowest BCUT2D eigenvalue weighted by Gasteiger charge is -2.10. The minimum Gasteiger partial charge on any atom is -0.496 e. The molecule has 2 nitrogen and oxygen atoms in total. The van der Waals surface area contributed by atoms with Gasteiger partial charge in [-0.3, -0.25) is 0 Å². The van der Waals surface area contributed by atoms with E-state index >= 15 is 0 Å². The minimum atomic E-state index is -1.49. The Bertz CT molecular complexity index is 576. The van der Waals surface area contributed by atoms with Crippen molar-refractivity contribution in [1.29, 1.82) is 0 Å². The number of hydrogen-bond acceptors (Lipinski definition) is 2. The van der Waals surface area contributed by atoms with Crippen molar-refractivity contribution < 1.29 is 17.9 Å². The molecule has 2 aromatic rings. The van der Waals surface area contributed by atoms with Gasteiger partial charge in [0.1, 0.15) is 5.75 Å². The zero-order chi connectivity index (χ0) is 13.3. The first-order chi connectivity index (χ1) is 8.52. The van der Waals surface area contributed by atoms with Crippen LogP contribution >= 0.6 is 0 Å². The van der Waals surface area contributed by atoms with E-state index in [2.05, 4.69) is 0 Å². The lowest BCUT2D eigenvalue weighted by atomic mass is 10.0. The maximum Gasteiger partial charge on any atom is 0.194 e. The van der Waals surface area contributed by atoms with E-state index in [0.29, 0.717) is 17.0 Å². The molecule has 0 aliphatic heterocycles. The van der Waals surface area contributed by atoms with Gasteiger partial charge in [0.05, 0.1) is 7.11 Å². The fourth-order valence-corrected chi connectivity index (χ4v) is 1.66. The molecule has 2 aromatic carbocycles. The second-order valence-corrected chi connectivity index (χ2v) is 3.71. The number of halogens is 3. The summed E-state index contributed by atoms with van der Waals surface area (Å²) in [6.45, 7) is 0. The Balaban J connectivity index is 2.62. The van der Waals surface area contributed by atoms with Gasteiger partial charge in [-0.2, -0.15) is 0 Å². The van der Waals surface area contributed by atoms with Gasteiger partial charge in [-0.1, -0.05) is 0 Å². The average Bonchev–Trinajstić information content (AvgIpc) is 2.35. The van der Waals surface area contributed by atoms with Crippen LogP contribution in [0.1, 0.15) is 0 Å². The standard InChI is InChI=1S/C13H10F3NO/c1-18-12-6-8(17)2-3-9(12)7-4-10(14)13(16)11(15)5-7/h2-6H,17H2,1H3. The van der Waals surface area contributed by atoms with Gasteiger partial charge in [0.15, 0.2) is 17.5 Å². The number of nitrogens with two attached hydrogens (primary N) is 1. The molecule has 0 atom stereocenters. The molecule has 0 saturated heterocycles. The predicted octanol–water partition coefficient (Wildman–Crippen LogP) is 3.36. The van der Waals surface area contributed by atoms with Gasteiger partial charge in [0.2, 0.25) is 0 Å². The Hall–Kier alpha value is -2.17. The fourth-order valence-electron chi connectivity index (χ4n) is 1.66. The van der Waals surface area contributed by atoms with Gasteiger partial charge in [-0.25, -0.2) is 13.2 Å². The molecule has 0 unspecified atom stereocenters. The molecule has 2 N–H and O–H groups in total. The van der Waals surface area contributed by atoms with E-state index in [-0.39, 0.29) is 5.56 Å². The van der Waals surface area contributed by atoms with Crippen LogP contribution in [0.4, 0.5) is 18.9 Å². The number of methoxy groups -OCH3 is 1. The number of hydrogen-bond donors (Lipinski definition) is 1.